The monoisotopic (exact) mass is 314 g/mol. The van der Waals surface area contributed by atoms with Crippen LogP contribution in [0, 0.1) is 0 Å². The van der Waals surface area contributed by atoms with Crippen molar-refractivity contribution in [3.8, 4) is 11.5 Å². The fourth-order valence-corrected chi connectivity index (χ4v) is 2.07. The Hall–Kier alpha value is -2.82. The van der Waals surface area contributed by atoms with Crippen LogP contribution in [0.15, 0.2) is 48.5 Å². The third kappa shape index (κ3) is 5.82. The third-order valence-corrected chi connectivity index (χ3v) is 3.34. The molecule has 0 saturated heterocycles. The number of carboxylic acids is 1. The molecule has 5 heteroatoms. The maximum absolute atomic E-state index is 11.8. The summed E-state index contributed by atoms with van der Waals surface area (Å²) in [5, 5.41) is 17.8. The molecule has 0 aromatic heterocycles. The van der Waals surface area contributed by atoms with E-state index >= 15 is 0 Å². The number of carboxylic acid groups (broad SMARTS) is 1. The van der Waals surface area contributed by atoms with Crippen molar-refractivity contribution in [2.75, 3.05) is 0 Å². The predicted octanol–water partition coefficient (Wildman–Crippen LogP) is 2.95. The number of hydrogen-bond acceptors (Lipinski definition) is 4. The highest BCUT2D eigenvalue weighted by molar-refractivity contribution is 5.72. The minimum atomic E-state index is -0.838. The zero-order valence-electron chi connectivity index (χ0n) is 12.6. The van der Waals surface area contributed by atoms with E-state index in [1.807, 2.05) is 0 Å². The van der Waals surface area contributed by atoms with Crippen LogP contribution in [0.5, 0.6) is 11.5 Å². The van der Waals surface area contributed by atoms with Crippen LogP contribution in [0.25, 0.3) is 0 Å². The lowest BCUT2D eigenvalue weighted by Crippen LogP contribution is -2.09. The van der Waals surface area contributed by atoms with Crippen molar-refractivity contribution in [1.82, 2.24) is 0 Å². The molecule has 2 aromatic carbocycles. The van der Waals surface area contributed by atoms with Crippen molar-refractivity contribution in [2.24, 2.45) is 0 Å². The molecule has 0 spiro atoms. The van der Waals surface area contributed by atoms with Gasteiger partial charge in [0.1, 0.15) is 11.5 Å². The van der Waals surface area contributed by atoms with Crippen LogP contribution in [0.2, 0.25) is 0 Å². The Kier molecular flexibility index (Phi) is 5.74. The summed E-state index contributed by atoms with van der Waals surface area (Å²) in [5.74, 6) is -0.537. The lowest BCUT2D eigenvalue weighted by molar-refractivity contribution is -0.137. The summed E-state index contributed by atoms with van der Waals surface area (Å²) in [4.78, 5) is 22.3. The van der Waals surface area contributed by atoms with Crippen molar-refractivity contribution in [3.63, 3.8) is 0 Å². The van der Waals surface area contributed by atoms with Gasteiger partial charge in [0, 0.05) is 12.8 Å². The van der Waals surface area contributed by atoms with Gasteiger partial charge in [-0.25, -0.2) is 0 Å². The summed E-state index contributed by atoms with van der Waals surface area (Å²) in [6.45, 7) is 0. The summed E-state index contributed by atoms with van der Waals surface area (Å²) in [7, 11) is 0. The van der Waals surface area contributed by atoms with Crippen LogP contribution in [0.1, 0.15) is 24.0 Å². The summed E-state index contributed by atoms with van der Waals surface area (Å²) in [5.41, 5.74) is 1.83. The van der Waals surface area contributed by atoms with E-state index in [4.69, 9.17) is 9.84 Å². The molecule has 0 atom stereocenters. The van der Waals surface area contributed by atoms with E-state index in [-0.39, 0.29) is 24.6 Å². The zero-order valence-corrected chi connectivity index (χ0v) is 12.6. The number of aromatic hydroxyl groups is 1. The van der Waals surface area contributed by atoms with Gasteiger partial charge in [-0.3, -0.25) is 9.59 Å². The molecule has 0 unspecified atom stereocenters. The number of aryl methyl sites for hydroxylation is 2. The highest BCUT2D eigenvalue weighted by Crippen LogP contribution is 2.15. The molecule has 5 nitrogen and oxygen atoms in total. The van der Waals surface area contributed by atoms with E-state index in [1.165, 1.54) is 0 Å². The number of phenolic OH excluding ortho intramolecular Hbond substituents is 1. The fraction of sp³-hybridized carbons (Fsp3) is 0.222. The van der Waals surface area contributed by atoms with E-state index in [0.717, 1.165) is 11.1 Å². The number of hydrogen-bond donors (Lipinski definition) is 2. The number of aliphatic carboxylic acids is 1. The van der Waals surface area contributed by atoms with Crippen molar-refractivity contribution < 1.29 is 24.5 Å². The molecule has 0 aliphatic carbocycles. The van der Waals surface area contributed by atoms with Gasteiger partial charge in [0.25, 0.3) is 0 Å². The maximum atomic E-state index is 11.8. The van der Waals surface area contributed by atoms with Gasteiger partial charge < -0.3 is 14.9 Å². The molecule has 0 radical (unpaired) electrons. The van der Waals surface area contributed by atoms with Gasteiger partial charge in [-0.1, -0.05) is 24.3 Å². The van der Waals surface area contributed by atoms with E-state index in [0.29, 0.717) is 18.6 Å². The van der Waals surface area contributed by atoms with Gasteiger partial charge in [0.05, 0.1) is 0 Å². The summed E-state index contributed by atoms with van der Waals surface area (Å²) >= 11 is 0. The van der Waals surface area contributed by atoms with E-state index < -0.39 is 5.97 Å². The first-order valence-corrected chi connectivity index (χ1v) is 7.32. The molecular formula is C18H18O5. The molecular weight excluding hydrogens is 296 g/mol. The minimum absolute atomic E-state index is 0.0752. The van der Waals surface area contributed by atoms with E-state index in [9.17, 15) is 14.7 Å². The van der Waals surface area contributed by atoms with Crippen molar-refractivity contribution in [3.05, 3.63) is 59.7 Å². The molecule has 2 rings (SSSR count). The molecule has 0 aliphatic rings. The van der Waals surface area contributed by atoms with Crippen LogP contribution in [-0.2, 0) is 22.4 Å². The standard InChI is InChI=1S/C18H18O5/c19-15-7-1-13(2-8-15)6-12-18(22)23-16-9-3-14(4-10-16)5-11-17(20)21/h1-4,7-10,19H,5-6,11-12H2,(H,20,21). The second-order valence-electron chi connectivity index (χ2n) is 5.18. The quantitative estimate of drug-likeness (QED) is 0.606. The lowest BCUT2D eigenvalue weighted by atomic mass is 10.1. The average molecular weight is 314 g/mol. The van der Waals surface area contributed by atoms with Crippen LogP contribution < -0.4 is 4.74 Å². The highest BCUT2D eigenvalue weighted by atomic mass is 16.5. The van der Waals surface area contributed by atoms with E-state index in [2.05, 4.69) is 0 Å². The Morgan fingerprint density at radius 1 is 0.826 bits per heavy atom. The average Bonchev–Trinajstić information content (AvgIpc) is 2.53. The van der Waals surface area contributed by atoms with Crippen molar-refractivity contribution in [1.29, 1.82) is 0 Å². The van der Waals surface area contributed by atoms with Crippen molar-refractivity contribution >= 4 is 11.9 Å². The molecule has 0 bridgehead atoms. The predicted molar refractivity (Wildman–Crippen MR) is 84.5 cm³/mol. The molecule has 2 aromatic rings. The normalized spacial score (nSPS) is 10.3. The Morgan fingerprint density at radius 3 is 1.91 bits per heavy atom. The van der Waals surface area contributed by atoms with Gasteiger partial charge in [-0.15, -0.1) is 0 Å². The fourth-order valence-electron chi connectivity index (χ4n) is 2.07. The Morgan fingerprint density at radius 2 is 1.35 bits per heavy atom. The minimum Gasteiger partial charge on any atom is -0.508 e. The van der Waals surface area contributed by atoms with Gasteiger partial charge in [-0.2, -0.15) is 0 Å². The second-order valence-corrected chi connectivity index (χ2v) is 5.18. The largest absolute Gasteiger partial charge is 0.508 e. The lowest BCUT2D eigenvalue weighted by Gasteiger charge is -2.06. The second kappa shape index (κ2) is 7.98. The third-order valence-electron chi connectivity index (χ3n) is 3.34. The first kappa shape index (κ1) is 16.5. The molecule has 0 saturated carbocycles. The molecule has 0 aliphatic heterocycles. The molecule has 0 amide bonds. The molecule has 0 heterocycles. The smallest absolute Gasteiger partial charge is 0.311 e. The summed E-state index contributed by atoms with van der Waals surface area (Å²) < 4.78 is 5.24. The van der Waals surface area contributed by atoms with Gasteiger partial charge >= 0.3 is 11.9 Å². The number of carbonyl (C=O) groups is 2. The number of ether oxygens (including phenoxy) is 1. The number of esters is 1. The molecule has 23 heavy (non-hydrogen) atoms. The van der Waals surface area contributed by atoms with Gasteiger partial charge in [0.15, 0.2) is 0 Å². The Balaban J connectivity index is 1.80. The topological polar surface area (TPSA) is 83.8 Å². The number of phenols is 1. The first-order chi connectivity index (χ1) is 11.0. The van der Waals surface area contributed by atoms with Crippen molar-refractivity contribution in [2.45, 2.75) is 25.7 Å². The maximum Gasteiger partial charge on any atom is 0.311 e. The van der Waals surface area contributed by atoms with Crippen LogP contribution in [0.4, 0.5) is 0 Å². The van der Waals surface area contributed by atoms with Crippen LogP contribution >= 0.6 is 0 Å². The van der Waals surface area contributed by atoms with Crippen LogP contribution in [-0.4, -0.2) is 22.2 Å². The number of benzene rings is 2. The zero-order chi connectivity index (χ0) is 16.7. The van der Waals surface area contributed by atoms with Crippen LogP contribution in [0.3, 0.4) is 0 Å². The number of carbonyl (C=O) groups excluding carboxylic acids is 1. The molecule has 120 valence electrons. The summed E-state index contributed by atoms with van der Waals surface area (Å²) in [6.07, 6.45) is 1.30. The van der Waals surface area contributed by atoms with Gasteiger partial charge in [0.2, 0.25) is 0 Å². The Bertz CT molecular complexity index is 659. The SMILES string of the molecule is O=C(O)CCc1ccc(OC(=O)CCc2ccc(O)cc2)cc1. The molecule has 2 N–H and O–H groups in total. The molecule has 0 fully saturated rings. The first-order valence-electron chi connectivity index (χ1n) is 7.32. The summed E-state index contributed by atoms with van der Waals surface area (Å²) in [6, 6.07) is 13.5. The highest BCUT2D eigenvalue weighted by Gasteiger charge is 2.06. The number of rotatable bonds is 7. The van der Waals surface area contributed by atoms with Gasteiger partial charge in [-0.05, 0) is 48.2 Å². The Labute approximate surface area is 134 Å². The van der Waals surface area contributed by atoms with E-state index in [1.54, 1.807) is 48.5 Å².